The van der Waals surface area contributed by atoms with Crippen LogP contribution in [0.3, 0.4) is 0 Å². The summed E-state index contributed by atoms with van der Waals surface area (Å²) in [6, 6.07) is 20.2. The van der Waals surface area contributed by atoms with Crippen LogP contribution < -0.4 is 0 Å². The zero-order valence-corrected chi connectivity index (χ0v) is 14.0. The van der Waals surface area contributed by atoms with E-state index in [1.165, 1.54) is 11.3 Å². The lowest BCUT2D eigenvalue weighted by Gasteiger charge is -2.37. The number of fused-ring (bicyclic) bond motifs is 1. The average molecular weight is 339 g/mol. The number of hydrogen-bond acceptors (Lipinski definition) is 2. The molecule has 0 aliphatic carbocycles. The summed E-state index contributed by atoms with van der Waals surface area (Å²) >= 11 is 6.35. The minimum Gasteiger partial charge on any atom is -0.508 e. The van der Waals surface area contributed by atoms with Gasteiger partial charge in [0.2, 0.25) is 0 Å². The third-order valence-electron chi connectivity index (χ3n) is 4.66. The third kappa shape index (κ3) is 2.81. The molecule has 4 heteroatoms. The average Bonchev–Trinajstić information content (AvgIpc) is 3.07. The number of halogens is 1. The fraction of sp³-hybridized carbons (Fsp3) is 0.200. The van der Waals surface area contributed by atoms with Crippen molar-refractivity contribution < 1.29 is 5.11 Å². The first-order valence-corrected chi connectivity index (χ1v) is 8.51. The molecule has 2 heterocycles. The van der Waals surface area contributed by atoms with Gasteiger partial charge in [0.1, 0.15) is 5.75 Å². The van der Waals surface area contributed by atoms with Gasteiger partial charge in [0, 0.05) is 36.5 Å². The zero-order chi connectivity index (χ0) is 16.5. The molecule has 3 aromatic rings. The molecule has 0 saturated carbocycles. The monoisotopic (exact) mass is 338 g/mol. The van der Waals surface area contributed by atoms with Crippen molar-refractivity contribution in [3.05, 3.63) is 88.7 Å². The molecule has 1 aliphatic rings. The number of phenols is 1. The standard InChI is InChI=1S/C20H19ClN2O/c21-18-9-8-17(24)13-16(18)14-23-12-11-22-10-4-7-19(22)20(23)15-5-2-1-3-6-15/h1-10,13,20,24H,11-12,14H2. The van der Waals surface area contributed by atoms with Gasteiger partial charge in [-0.1, -0.05) is 41.9 Å². The number of phenolic OH excluding ortho intramolecular Hbond substituents is 1. The van der Waals surface area contributed by atoms with Crippen LogP contribution in [-0.2, 0) is 13.1 Å². The quantitative estimate of drug-likeness (QED) is 0.764. The molecule has 1 N–H and O–H groups in total. The van der Waals surface area contributed by atoms with E-state index in [1.54, 1.807) is 18.2 Å². The minimum atomic E-state index is 0.188. The fourth-order valence-electron chi connectivity index (χ4n) is 3.52. The summed E-state index contributed by atoms with van der Waals surface area (Å²) in [5, 5.41) is 10.5. The maximum atomic E-state index is 9.79. The van der Waals surface area contributed by atoms with Gasteiger partial charge in [-0.05, 0) is 41.5 Å². The number of rotatable bonds is 3. The normalized spacial score (nSPS) is 17.6. The Labute approximate surface area is 146 Å². The van der Waals surface area contributed by atoms with Crippen molar-refractivity contribution >= 4 is 11.6 Å². The Morgan fingerprint density at radius 1 is 1.00 bits per heavy atom. The van der Waals surface area contributed by atoms with Crippen LogP contribution in [0.4, 0.5) is 0 Å². The minimum absolute atomic E-state index is 0.188. The first-order valence-electron chi connectivity index (χ1n) is 8.14. The molecule has 1 unspecified atom stereocenters. The molecule has 2 aromatic carbocycles. The van der Waals surface area contributed by atoms with E-state index in [0.717, 1.165) is 18.7 Å². The SMILES string of the molecule is Oc1ccc(Cl)c(CN2CCn3cccc3C2c2ccccc2)c1. The Morgan fingerprint density at radius 2 is 1.83 bits per heavy atom. The van der Waals surface area contributed by atoms with E-state index in [1.807, 2.05) is 6.07 Å². The molecule has 0 fully saturated rings. The second-order valence-electron chi connectivity index (χ2n) is 6.19. The highest BCUT2D eigenvalue weighted by Gasteiger charge is 2.29. The van der Waals surface area contributed by atoms with Crippen LogP contribution in [0.25, 0.3) is 0 Å². The highest BCUT2D eigenvalue weighted by atomic mass is 35.5. The highest BCUT2D eigenvalue weighted by Crippen LogP contribution is 2.34. The van der Waals surface area contributed by atoms with Gasteiger partial charge in [-0.2, -0.15) is 0 Å². The molecular formula is C20H19ClN2O. The number of aromatic hydroxyl groups is 1. The van der Waals surface area contributed by atoms with E-state index < -0.39 is 0 Å². The largest absolute Gasteiger partial charge is 0.508 e. The predicted octanol–water partition coefficient (Wildman–Crippen LogP) is 4.45. The number of nitrogens with zero attached hydrogens (tertiary/aromatic N) is 2. The van der Waals surface area contributed by atoms with Crippen LogP contribution in [0.1, 0.15) is 22.9 Å². The van der Waals surface area contributed by atoms with E-state index in [9.17, 15) is 5.11 Å². The van der Waals surface area contributed by atoms with E-state index in [-0.39, 0.29) is 11.8 Å². The molecule has 0 bridgehead atoms. The molecular weight excluding hydrogens is 320 g/mol. The summed E-state index contributed by atoms with van der Waals surface area (Å²) in [7, 11) is 0. The molecule has 3 nitrogen and oxygen atoms in total. The van der Waals surface area contributed by atoms with Crippen LogP contribution in [0.2, 0.25) is 5.02 Å². The molecule has 0 spiro atoms. The van der Waals surface area contributed by atoms with Crippen molar-refractivity contribution in [2.45, 2.75) is 19.1 Å². The molecule has 0 saturated heterocycles. The van der Waals surface area contributed by atoms with E-state index in [0.29, 0.717) is 11.6 Å². The fourth-order valence-corrected chi connectivity index (χ4v) is 3.70. The lowest BCUT2D eigenvalue weighted by Crippen LogP contribution is -2.37. The summed E-state index contributed by atoms with van der Waals surface area (Å²) in [6.07, 6.45) is 2.14. The third-order valence-corrected chi connectivity index (χ3v) is 5.02. The molecule has 4 rings (SSSR count). The lowest BCUT2D eigenvalue weighted by molar-refractivity contribution is 0.174. The molecule has 1 aliphatic heterocycles. The van der Waals surface area contributed by atoms with Crippen molar-refractivity contribution in [2.75, 3.05) is 6.54 Å². The Bertz CT molecular complexity index is 844. The van der Waals surface area contributed by atoms with Crippen molar-refractivity contribution in [2.24, 2.45) is 0 Å². The smallest absolute Gasteiger partial charge is 0.116 e. The van der Waals surface area contributed by atoms with Gasteiger partial charge in [-0.25, -0.2) is 0 Å². The summed E-state index contributed by atoms with van der Waals surface area (Å²) in [6.45, 7) is 2.60. The van der Waals surface area contributed by atoms with Gasteiger partial charge in [0.25, 0.3) is 0 Å². The summed E-state index contributed by atoms with van der Waals surface area (Å²) in [5.41, 5.74) is 3.52. The van der Waals surface area contributed by atoms with Crippen molar-refractivity contribution in [3.8, 4) is 5.75 Å². The predicted molar refractivity (Wildman–Crippen MR) is 96.2 cm³/mol. The Morgan fingerprint density at radius 3 is 2.67 bits per heavy atom. The Hall–Kier alpha value is -2.23. The molecule has 122 valence electrons. The van der Waals surface area contributed by atoms with Crippen LogP contribution in [0.15, 0.2) is 66.9 Å². The van der Waals surface area contributed by atoms with Gasteiger partial charge in [-0.15, -0.1) is 0 Å². The Balaban J connectivity index is 1.73. The molecule has 0 radical (unpaired) electrons. The van der Waals surface area contributed by atoms with E-state index in [4.69, 9.17) is 11.6 Å². The summed E-state index contributed by atoms with van der Waals surface area (Å²) in [4.78, 5) is 2.42. The van der Waals surface area contributed by atoms with Gasteiger partial charge < -0.3 is 9.67 Å². The summed E-state index contributed by atoms with van der Waals surface area (Å²) in [5.74, 6) is 0.256. The van der Waals surface area contributed by atoms with Gasteiger partial charge >= 0.3 is 0 Å². The van der Waals surface area contributed by atoms with Crippen molar-refractivity contribution in [3.63, 3.8) is 0 Å². The van der Waals surface area contributed by atoms with Gasteiger partial charge in [0.05, 0.1) is 6.04 Å². The molecule has 1 atom stereocenters. The van der Waals surface area contributed by atoms with Crippen molar-refractivity contribution in [1.29, 1.82) is 0 Å². The first kappa shape index (κ1) is 15.3. The first-order chi connectivity index (χ1) is 11.7. The van der Waals surface area contributed by atoms with Crippen LogP contribution in [0.5, 0.6) is 5.75 Å². The van der Waals surface area contributed by atoms with Gasteiger partial charge in [-0.3, -0.25) is 4.90 Å². The number of hydrogen-bond donors (Lipinski definition) is 1. The second-order valence-corrected chi connectivity index (χ2v) is 6.59. The van der Waals surface area contributed by atoms with E-state index in [2.05, 4.69) is 52.1 Å². The number of aromatic nitrogens is 1. The maximum Gasteiger partial charge on any atom is 0.116 e. The van der Waals surface area contributed by atoms with Crippen molar-refractivity contribution in [1.82, 2.24) is 9.47 Å². The zero-order valence-electron chi connectivity index (χ0n) is 13.3. The molecule has 1 aromatic heterocycles. The van der Waals surface area contributed by atoms with Crippen LogP contribution in [-0.4, -0.2) is 21.1 Å². The second kappa shape index (κ2) is 6.34. The van der Waals surface area contributed by atoms with Crippen LogP contribution >= 0.6 is 11.6 Å². The lowest BCUT2D eigenvalue weighted by atomic mass is 9.99. The molecule has 24 heavy (non-hydrogen) atoms. The van der Waals surface area contributed by atoms with Gasteiger partial charge in [0.15, 0.2) is 0 Å². The summed E-state index contributed by atoms with van der Waals surface area (Å²) < 4.78 is 2.32. The maximum absolute atomic E-state index is 9.79. The van der Waals surface area contributed by atoms with E-state index >= 15 is 0 Å². The highest BCUT2D eigenvalue weighted by molar-refractivity contribution is 6.31. The number of benzene rings is 2. The molecule has 0 amide bonds. The van der Waals surface area contributed by atoms with Crippen LogP contribution in [0, 0.1) is 0 Å². The Kier molecular flexibility index (Phi) is 4.05. The topological polar surface area (TPSA) is 28.4 Å².